The van der Waals surface area contributed by atoms with E-state index < -0.39 is 0 Å². The van der Waals surface area contributed by atoms with E-state index in [1.165, 1.54) is 6.07 Å². The molecule has 2 unspecified atom stereocenters. The Labute approximate surface area is 117 Å². The second kappa shape index (κ2) is 7.87. The lowest BCUT2D eigenvalue weighted by Crippen LogP contribution is -2.28. The molecule has 1 N–H and O–H groups in total. The van der Waals surface area contributed by atoms with Crippen LogP contribution in [0.3, 0.4) is 0 Å². The average Bonchev–Trinajstić information content (AvgIpc) is 2.32. The maximum absolute atomic E-state index is 13.3. The third-order valence-corrected chi connectivity index (χ3v) is 3.59. The van der Waals surface area contributed by atoms with Gasteiger partial charge in [-0.25, -0.2) is 4.39 Å². The van der Waals surface area contributed by atoms with Gasteiger partial charge in [0.1, 0.15) is 5.82 Å². The predicted octanol–water partition coefficient (Wildman–Crippen LogP) is 3.53. The molecule has 0 heterocycles. The van der Waals surface area contributed by atoms with Gasteiger partial charge < -0.3 is 10.1 Å². The van der Waals surface area contributed by atoms with Gasteiger partial charge in [-0.3, -0.25) is 0 Å². The Bertz CT molecular complexity index is 353. The summed E-state index contributed by atoms with van der Waals surface area (Å²) in [5, 5.41) is 3.28. The number of halogens is 2. The van der Waals surface area contributed by atoms with Crippen molar-refractivity contribution in [3.8, 4) is 0 Å². The van der Waals surface area contributed by atoms with E-state index in [4.69, 9.17) is 4.74 Å². The lowest BCUT2D eigenvalue weighted by Gasteiger charge is -2.18. The fourth-order valence-corrected chi connectivity index (χ4v) is 2.43. The summed E-state index contributed by atoms with van der Waals surface area (Å²) >= 11 is 3.32. The standard InChI is InChI=1S/C14H21BrFNO/c1-10(18-3)4-5-14(17-2)8-11-6-12(15)9-13(16)7-11/h6-7,9-10,14,17H,4-5,8H2,1-3H3. The highest BCUT2D eigenvalue weighted by atomic mass is 79.9. The summed E-state index contributed by atoms with van der Waals surface area (Å²) in [6, 6.07) is 5.38. The van der Waals surface area contributed by atoms with Gasteiger partial charge in [0.15, 0.2) is 0 Å². The number of nitrogens with one attached hydrogen (secondary N) is 1. The number of rotatable bonds is 7. The van der Waals surface area contributed by atoms with E-state index in [9.17, 15) is 4.39 Å². The van der Waals surface area contributed by atoms with Crippen molar-refractivity contribution in [2.75, 3.05) is 14.2 Å². The molecule has 0 saturated heterocycles. The number of hydrogen-bond acceptors (Lipinski definition) is 2. The molecule has 1 aromatic carbocycles. The summed E-state index contributed by atoms with van der Waals surface area (Å²) in [7, 11) is 3.67. The molecule has 0 aliphatic rings. The largest absolute Gasteiger partial charge is 0.382 e. The fraction of sp³-hybridized carbons (Fsp3) is 0.571. The van der Waals surface area contributed by atoms with Crippen LogP contribution in [-0.2, 0) is 11.2 Å². The van der Waals surface area contributed by atoms with Crippen LogP contribution in [0.25, 0.3) is 0 Å². The molecule has 2 nitrogen and oxygen atoms in total. The maximum atomic E-state index is 13.3. The van der Waals surface area contributed by atoms with Gasteiger partial charge in [-0.15, -0.1) is 0 Å². The molecule has 4 heteroatoms. The van der Waals surface area contributed by atoms with Gasteiger partial charge >= 0.3 is 0 Å². The number of hydrogen-bond donors (Lipinski definition) is 1. The van der Waals surface area contributed by atoms with Crippen molar-refractivity contribution >= 4 is 15.9 Å². The summed E-state index contributed by atoms with van der Waals surface area (Å²) in [6.07, 6.45) is 3.10. The van der Waals surface area contributed by atoms with Gasteiger partial charge in [0, 0.05) is 17.6 Å². The predicted molar refractivity (Wildman–Crippen MR) is 76.4 cm³/mol. The van der Waals surface area contributed by atoms with Crippen LogP contribution in [-0.4, -0.2) is 26.3 Å². The Balaban J connectivity index is 2.56. The number of ether oxygens (including phenoxy) is 1. The van der Waals surface area contributed by atoms with E-state index in [0.717, 1.165) is 29.3 Å². The van der Waals surface area contributed by atoms with Gasteiger partial charge in [0.05, 0.1) is 6.10 Å². The molecule has 0 amide bonds. The zero-order valence-electron chi connectivity index (χ0n) is 11.2. The van der Waals surface area contributed by atoms with E-state index in [1.807, 2.05) is 13.1 Å². The van der Waals surface area contributed by atoms with Crippen molar-refractivity contribution in [3.05, 3.63) is 34.1 Å². The SMILES string of the molecule is CNC(CCC(C)OC)Cc1cc(F)cc(Br)c1. The fourth-order valence-electron chi connectivity index (χ4n) is 1.92. The van der Waals surface area contributed by atoms with Gasteiger partial charge in [0.25, 0.3) is 0 Å². The highest BCUT2D eigenvalue weighted by molar-refractivity contribution is 9.10. The third-order valence-electron chi connectivity index (χ3n) is 3.14. The van der Waals surface area contributed by atoms with Gasteiger partial charge in [-0.2, -0.15) is 0 Å². The number of likely N-dealkylation sites (N-methyl/N-ethyl adjacent to an activating group) is 1. The molecule has 0 aliphatic carbocycles. The van der Waals surface area contributed by atoms with Crippen LogP contribution in [0.4, 0.5) is 4.39 Å². The van der Waals surface area contributed by atoms with Crippen LogP contribution in [0, 0.1) is 5.82 Å². The van der Waals surface area contributed by atoms with Crippen LogP contribution in [0.1, 0.15) is 25.3 Å². The first kappa shape index (κ1) is 15.6. The van der Waals surface area contributed by atoms with Crippen LogP contribution in [0.2, 0.25) is 0 Å². The van der Waals surface area contributed by atoms with Gasteiger partial charge in [-0.1, -0.05) is 15.9 Å². The Kier molecular flexibility index (Phi) is 6.82. The van der Waals surface area contributed by atoms with Crippen LogP contribution in [0.5, 0.6) is 0 Å². The Morgan fingerprint density at radius 2 is 2.06 bits per heavy atom. The molecule has 0 bridgehead atoms. The molecule has 102 valence electrons. The summed E-state index contributed by atoms with van der Waals surface area (Å²) in [6.45, 7) is 2.06. The average molecular weight is 318 g/mol. The third kappa shape index (κ3) is 5.46. The summed E-state index contributed by atoms with van der Waals surface area (Å²) in [5.41, 5.74) is 1.01. The van der Waals surface area contributed by atoms with Crippen LogP contribution in [0.15, 0.2) is 22.7 Å². The van der Waals surface area contributed by atoms with Crippen molar-refractivity contribution in [2.45, 2.75) is 38.3 Å². The molecule has 2 atom stereocenters. The van der Waals surface area contributed by atoms with Crippen LogP contribution >= 0.6 is 15.9 Å². The highest BCUT2D eigenvalue weighted by Gasteiger charge is 2.10. The minimum absolute atomic E-state index is 0.195. The van der Waals surface area contributed by atoms with E-state index in [2.05, 4.69) is 28.2 Å². The molecule has 0 radical (unpaired) electrons. The summed E-state index contributed by atoms with van der Waals surface area (Å²) in [5.74, 6) is -0.195. The second-order valence-electron chi connectivity index (χ2n) is 4.59. The van der Waals surface area contributed by atoms with Crippen molar-refractivity contribution in [2.24, 2.45) is 0 Å². The molecule has 18 heavy (non-hydrogen) atoms. The van der Waals surface area contributed by atoms with Crippen LogP contribution < -0.4 is 5.32 Å². The summed E-state index contributed by atoms with van der Waals surface area (Å²) < 4.78 is 19.3. The lowest BCUT2D eigenvalue weighted by atomic mass is 10.0. The first-order valence-electron chi connectivity index (χ1n) is 6.20. The molecule has 0 saturated carbocycles. The van der Waals surface area contributed by atoms with Crippen molar-refractivity contribution in [1.82, 2.24) is 5.32 Å². The zero-order valence-corrected chi connectivity index (χ0v) is 12.8. The quantitative estimate of drug-likeness (QED) is 0.830. The van der Waals surface area contributed by atoms with E-state index in [0.29, 0.717) is 6.04 Å². The molecular weight excluding hydrogens is 297 g/mol. The zero-order chi connectivity index (χ0) is 13.5. The Morgan fingerprint density at radius 3 is 2.61 bits per heavy atom. The number of methoxy groups -OCH3 is 1. The van der Waals surface area contributed by atoms with Gasteiger partial charge in [0.2, 0.25) is 0 Å². The molecule has 1 aromatic rings. The van der Waals surface area contributed by atoms with Gasteiger partial charge in [-0.05, 0) is 57.0 Å². The maximum Gasteiger partial charge on any atom is 0.124 e. The first-order valence-corrected chi connectivity index (χ1v) is 6.99. The monoisotopic (exact) mass is 317 g/mol. The Morgan fingerprint density at radius 1 is 1.33 bits per heavy atom. The van der Waals surface area contributed by atoms with Crippen molar-refractivity contribution in [3.63, 3.8) is 0 Å². The molecule has 0 aliphatic heterocycles. The summed E-state index contributed by atoms with van der Waals surface area (Å²) in [4.78, 5) is 0. The van der Waals surface area contributed by atoms with E-state index >= 15 is 0 Å². The highest BCUT2D eigenvalue weighted by Crippen LogP contribution is 2.17. The molecule has 1 rings (SSSR count). The van der Waals surface area contributed by atoms with Crippen molar-refractivity contribution in [1.29, 1.82) is 0 Å². The topological polar surface area (TPSA) is 21.3 Å². The minimum atomic E-state index is -0.195. The van der Waals surface area contributed by atoms with E-state index in [-0.39, 0.29) is 11.9 Å². The molecule has 0 aromatic heterocycles. The van der Waals surface area contributed by atoms with E-state index in [1.54, 1.807) is 13.2 Å². The lowest BCUT2D eigenvalue weighted by molar-refractivity contribution is 0.106. The molecule has 0 fully saturated rings. The number of benzene rings is 1. The molecular formula is C14H21BrFNO. The minimum Gasteiger partial charge on any atom is -0.382 e. The van der Waals surface area contributed by atoms with Crippen molar-refractivity contribution < 1.29 is 9.13 Å². The first-order chi connectivity index (χ1) is 8.55. The molecule has 0 spiro atoms. The normalized spacial score (nSPS) is 14.5. The smallest absolute Gasteiger partial charge is 0.124 e. The second-order valence-corrected chi connectivity index (χ2v) is 5.51. The Hall–Kier alpha value is -0.450.